The van der Waals surface area contributed by atoms with Crippen molar-refractivity contribution in [1.82, 2.24) is 5.32 Å². The third-order valence-corrected chi connectivity index (χ3v) is 6.80. The average Bonchev–Trinajstić information content (AvgIpc) is 3.33. The molecule has 2 fully saturated rings. The highest BCUT2D eigenvalue weighted by molar-refractivity contribution is 6.24. The minimum absolute atomic E-state index is 0.129. The van der Waals surface area contributed by atoms with Crippen LogP contribution in [0, 0.1) is 17.7 Å². The van der Waals surface area contributed by atoms with Gasteiger partial charge in [0.1, 0.15) is 22.9 Å². The third-order valence-electron chi connectivity index (χ3n) is 6.80. The van der Waals surface area contributed by atoms with E-state index in [1.165, 1.54) is 38.5 Å². The van der Waals surface area contributed by atoms with Gasteiger partial charge in [-0.25, -0.2) is 9.29 Å². The first kappa shape index (κ1) is 24.7. The summed E-state index contributed by atoms with van der Waals surface area (Å²) < 4.78 is 29.9. The summed E-state index contributed by atoms with van der Waals surface area (Å²) in [5, 5.41) is 3.34. The molecule has 0 spiro atoms. The molecule has 35 heavy (non-hydrogen) atoms. The number of nitrogens with zero attached hydrogens (tertiary/aromatic N) is 1. The van der Waals surface area contributed by atoms with E-state index in [0.717, 1.165) is 4.90 Å². The lowest BCUT2D eigenvalue weighted by molar-refractivity contribution is -0.155. The highest BCUT2D eigenvalue weighted by Crippen LogP contribution is 2.53. The molecule has 2 aromatic rings. The lowest BCUT2D eigenvalue weighted by Gasteiger charge is -2.32. The summed E-state index contributed by atoms with van der Waals surface area (Å²) in [6, 6.07) is 9.63. The van der Waals surface area contributed by atoms with E-state index in [-0.39, 0.29) is 18.7 Å². The Labute approximate surface area is 203 Å². The highest BCUT2D eigenvalue weighted by Gasteiger charge is 2.68. The summed E-state index contributed by atoms with van der Waals surface area (Å²) in [6.07, 6.45) is 0.859. The molecule has 4 atom stereocenters. The summed E-state index contributed by atoms with van der Waals surface area (Å²) in [4.78, 5) is 42.1. The quantitative estimate of drug-likeness (QED) is 0.453. The number of benzene rings is 2. The van der Waals surface area contributed by atoms with Crippen LogP contribution in [0.25, 0.3) is 0 Å². The SMILES string of the molecule is CCC[C@@]1(C(=O)OCC)N[C@@H](c2ccc(OC)cc2OC)[C@H]2C(=O)N(c3ccc(F)cc3)C(=O)[C@H]21. The Hall–Kier alpha value is -3.46. The second-order valence-corrected chi connectivity index (χ2v) is 8.66. The molecule has 2 amide bonds. The van der Waals surface area contributed by atoms with Crippen molar-refractivity contribution < 1.29 is 33.0 Å². The van der Waals surface area contributed by atoms with Gasteiger partial charge in [0, 0.05) is 17.7 Å². The van der Waals surface area contributed by atoms with E-state index in [1.807, 2.05) is 6.92 Å². The molecule has 4 rings (SSSR count). The largest absolute Gasteiger partial charge is 0.497 e. The predicted molar refractivity (Wildman–Crippen MR) is 126 cm³/mol. The maximum Gasteiger partial charge on any atom is 0.327 e. The van der Waals surface area contributed by atoms with Crippen molar-refractivity contribution in [2.45, 2.75) is 38.3 Å². The maximum atomic E-state index is 13.8. The number of methoxy groups -OCH3 is 2. The third kappa shape index (κ3) is 3.93. The minimum atomic E-state index is -1.41. The normalized spacial score (nSPS) is 25.5. The Bertz CT molecular complexity index is 1140. The van der Waals surface area contributed by atoms with E-state index in [0.29, 0.717) is 23.5 Å². The van der Waals surface area contributed by atoms with Gasteiger partial charge in [0.05, 0.1) is 38.3 Å². The van der Waals surface area contributed by atoms with E-state index >= 15 is 0 Å². The van der Waals surface area contributed by atoms with E-state index in [1.54, 1.807) is 25.1 Å². The number of halogens is 1. The van der Waals surface area contributed by atoms with Gasteiger partial charge in [-0.2, -0.15) is 0 Å². The van der Waals surface area contributed by atoms with E-state index in [9.17, 15) is 18.8 Å². The zero-order chi connectivity index (χ0) is 25.3. The second kappa shape index (κ2) is 9.65. The number of hydrogen-bond acceptors (Lipinski definition) is 7. The lowest BCUT2D eigenvalue weighted by Crippen LogP contribution is -2.56. The van der Waals surface area contributed by atoms with Gasteiger partial charge in [-0.1, -0.05) is 19.4 Å². The molecule has 2 aliphatic heterocycles. The number of ether oxygens (including phenoxy) is 3. The molecule has 0 aromatic heterocycles. The molecule has 8 nitrogen and oxygen atoms in total. The summed E-state index contributed by atoms with van der Waals surface area (Å²) >= 11 is 0. The monoisotopic (exact) mass is 484 g/mol. The van der Waals surface area contributed by atoms with E-state index in [4.69, 9.17) is 14.2 Å². The zero-order valence-corrected chi connectivity index (χ0v) is 20.2. The van der Waals surface area contributed by atoms with Gasteiger partial charge >= 0.3 is 5.97 Å². The molecule has 2 saturated heterocycles. The molecule has 0 unspecified atom stereocenters. The van der Waals surface area contributed by atoms with Crippen LogP contribution < -0.4 is 19.7 Å². The Balaban J connectivity index is 1.88. The zero-order valence-electron chi connectivity index (χ0n) is 20.2. The van der Waals surface area contributed by atoms with Crippen LogP contribution in [0.15, 0.2) is 42.5 Å². The van der Waals surface area contributed by atoms with Crippen molar-refractivity contribution in [3.8, 4) is 11.5 Å². The molecule has 2 aliphatic rings. The van der Waals surface area contributed by atoms with Gasteiger partial charge in [0.15, 0.2) is 0 Å². The van der Waals surface area contributed by atoms with Gasteiger partial charge in [-0.05, 0) is 43.7 Å². The first-order valence-corrected chi connectivity index (χ1v) is 11.6. The average molecular weight is 485 g/mol. The summed E-state index contributed by atoms with van der Waals surface area (Å²) in [7, 11) is 3.03. The molecule has 0 saturated carbocycles. The number of hydrogen-bond donors (Lipinski definition) is 1. The number of fused-ring (bicyclic) bond motifs is 1. The van der Waals surface area contributed by atoms with Crippen molar-refractivity contribution in [2.75, 3.05) is 25.7 Å². The molecule has 0 aliphatic carbocycles. The van der Waals surface area contributed by atoms with Crippen molar-refractivity contribution in [3.63, 3.8) is 0 Å². The first-order valence-electron chi connectivity index (χ1n) is 11.6. The number of carbonyl (C=O) groups is 3. The number of anilines is 1. The Morgan fingerprint density at radius 2 is 1.77 bits per heavy atom. The molecule has 2 aromatic carbocycles. The first-order chi connectivity index (χ1) is 16.8. The summed E-state index contributed by atoms with van der Waals surface area (Å²) in [5.74, 6) is -2.93. The number of imide groups is 1. The fraction of sp³-hybridized carbons (Fsp3) is 0.423. The van der Waals surface area contributed by atoms with Crippen molar-refractivity contribution in [3.05, 3.63) is 53.8 Å². The Kier molecular flexibility index (Phi) is 6.80. The summed E-state index contributed by atoms with van der Waals surface area (Å²) in [5.41, 5.74) is -0.537. The molecular formula is C26H29FN2O6. The van der Waals surface area contributed by atoms with Crippen LogP contribution >= 0.6 is 0 Å². The number of carbonyl (C=O) groups excluding carboxylic acids is 3. The fourth-order valence-electron chi connectivity index (χ4n) is 5.36. The molecular weight excluding hydrogens is 455 g/mol. The van der Waals surface area contributed by atoms with Crippen LogP contribution in [0.4, 0.5) is 10.1 Å². The Morgan fingerprint density at radius 1 is 1.06 bits per heavy atom. The fourth-order valence-corrected chi connectivity index (χ4v) is 5.36. The number of rotatable bonds is 8. The van der Waals surface area contributed by atoms with E-state index in [2.05, 4.69) is 5.32 Å². The standard InChI is InChI=1S/C26H29FN2O6/c1-5-13-26(25(32)35-6-2)21-20(22(28-26)18-12-11-17(33-3)14-19(18)34-4)23(30)29(24(21)31)16-9-7-15(27)8-10-16/h7-12,14,20-22,28H,5-6,13H2,1-4H3/t20-,21-,22-,26+/m0/s1. The maximum absolute atomic E-state index is 13.8. The van der Waals surface area contributed by atoms with Gasteiger partial charge < -0.3 is 14.2 Å². The van der Waals surface area contributed by atoms with Crippen LogP contribution in [-0.4, -0.2) is 44.1 Å². The molecule has 0 radical (unpaired) electrons. The van der Waals surface area contributed by atoms with Gasteiger partial charge in [-0.15, -0.1) is 0 Å². The van der Waals surface area contributed by atoms with Crippen molar-refractivity contribution in [2.24, 2.45) is 11.8 Å². The number of nitrogens with one attached hydrogen (secondary N) is 1. The van der Waals surface area contributed by atoms with Crippen molar-refractivity contribution in [1.29, 1.82) is 0 Å². The molecule has 0 bridgehead atoms. The van der Waals surface area contributed by atoms with Crippen LogP contribution in [0.1, 0.15) is 38.3 Å². The summed E-state index contributed by atoms with van der Waals surface area (Å²) in [6.45, 7) is 3.72. The molecule has 1 N–H and O–H groups in total. The smallest absolute Gasteiger partial charge is 0.327 e. The lowest BCUT2D eigenvalue weighted by atomic mass is 9.77. The van der Waals surface area contributed by atoms with Crippen LogP contribution in [0.2, 0.25) is 0 Å². The predicted octanol–water partition coefficient (Wildman–Crippen LogP) is 3.40. The molecule has 186 valence electrons. The van der Waals surface area contributed by atoms with Crippen LogP contribution in [0.3, 0.4) is 0 Å². The van der Waals surface area contributed by atoms with Gasteiger partial charge in [0.2, 0.25) is 11.8 Å². The second-order valence-electron chi connectivity index (χ2n) is 8.66. The molecule has 9 heteroatoms. The number of amides is 2. The van der Waals surface area contributed by atoms with Crippen LogP contribution in [0.5, 0.6) is 11.5 Å². The highest BCUT2D eigenvalue weighted by atomic mass is 19.1. The molecule has 2 heterocycles. The number of esters is 1. The minimum Gasteiger partial charge on any atom is -0.497 e. The van der Waals surface area contributed by atoms with Crippen molar-refractivity contribution >= 4 is 23.5 Å². The Morgan fingerprint density at radius 3 is 2.37 bits per heavy atom. The van der Waals surface area contributed by atoms with Gasteiger partial charge in [0.25, 0.3) is 0 Å². The topological polar surface area (TPSA) is 94.2 Å². The van der Waals surface area contributed by atoms with Crippen LogP contribution in [-0.2, 0) is 19.1 Å². The van der Waals surface area contributed by atoms with E-state index < -0.39 is 47.0 Å². The van der Waals surface area contributed by atoms with Gasteiger partial charge in [-0.3, -0.25) is 19.7 Å².